The Morgan fingerprint density at radius 1 is 1.10 bits per heavy atom. The number of ether oxygens (including phenoxy) is 1. The number of para-hydroxylation sites is 1. The summed E-state index contributed by atoms with van der Waals surface area (Å²) < 4.78 is 7.03. The largest absolute Gasteiger partial charge is 0.431 e. The van der Waals surface area contributed by atoms with Crippen LogP contribution in [0, 0.1) is 0 Å². The van der Waals surface area contributed by atoms with Gasteiger partial charge in [0.1, 0.15) is 5.75 Å². The molecule has 1 aliphatic heterocycles. The number of hydrogen-bond donors (Lipinski definition) is 1. The molecule has 31 heavy (non-hydrogen) atoms. The van der Waals surface area contributed by atoms with Crippen molar-refractivity contribution in [1.82, 2.24) is 15.4 Å². The van der Waals surface area contributed by atoms with Crippen molar-refractivity contribution >= 4 is 28.0 Å². The molecule has 2 aromatic carbocycles. The van der Waals surface area contributed by atoms with Crippen LogP contribution in [-0.2, 0) is 16.2 Å². The average molecular weight is 442 g/mol. The SMILES string of the molecule is CCCC.O=CONC1CCN(Cc2ccc(Oc3nc4ccccc4s3)cc2)CC1. The van der Waals surface area contributed by atoms with Crippen LogP contribution in [0.2, 0.25) is 0 Å². The number of hydrogen-bond acceptors (Lipinski definition) is 7. The average Bonchev–Trinajstić information content (AvgIpc) is 3.22. The van der Waals surface area contributed by atoms with Gasteiger partial charge in [0, 0.05) is 25.7 Å². The maximum atomic E-state index is 10.2. The van der Waals surface area contributed by atoms with Gasteiger partial charge in [0.2, 0.25) is 0 Å². The summed E-state index contributed by atoms with van der Waals surface area (Å²) in [5.74, 6) is 0.798. The van der Waals surface area contributed by atoms with E-state index in [0.29, 0.717) is 11.7 Å². The Morgan fingerprint density at radius 2 is 1.81 bits per heavy atom. The van der Waals surface area contributed by atoms with Gasteiger partial charge in [-0.1, -0.05) is 62.3 Å². The number of thiazole rings is 1. The van der Waals surface area contributed by atoms with Gasteiger partial charge in [-0.15, -0.1) is 0 Å². The lowest BCUT2D eigenvalue weighted by atomic mass is 10.1. The van der Waals surface area contributed by atoms with Crippen LogP contribution in [0.3, 0.4) is 0 Å². The minimum absolute atomic E-state index is 0.246. The second-order valence-corrected chi connectivity index (χ2v) is 8.57. The van der Waals surface area contributed by atoms with Gasteiger partial charge in [-0.2, -0.15) is 5.48 Å². The Kier molecular flexibility index (Phi) is 9.27. The predicted molar refractivity (Wildman–Crippen MR) is 125 cm³/mol. The summed E-state index contributed by atoms with van der Waals surface area (Å²) in [6.07, 6.45) is 4.57. The minimum Gasteiger partial charge on any atom is -0.431 e. The van der Waals surface area contributed by atoms with Gasteiger partial charge in [-0.05, 0) is 42.7 Å². The van der Waals surface area contributed by atoms with Crippen LogP contribution in [-0.4, -0.2) is 35.5 Å². The number of aromatic nitrogens is 1. The summed E-state index contributed by atoms with van der Waals surface area (Å²) in [7, 11) is 0. The standard InChI is InChI=1S/C20H21N3O3S.C4H10/c24-14-25-22-16-9-11-23(12-10-16)13-15-5-7-17(8-6-15)26-20-21-18-3-1-2-4-19(18)27-20;1-3-4-2/h1-8,14,16,22H,9-13H2;3-4H2,1-2H3. The van der Waals surface area contributed by atoms with Crippen molar-refractivity contribution in [3.63, 3.8) is 0 Å². The van der Waals surface area contributed by atoms with E-state index in [1.54, 1.807) is 11.3 Å². The van der Waals surface area contributed by atoms with Crippen LogP contribution in [0.1, 0.15) is 45.1 Å². The molecule has 7 heteroatoms. The van der Waals surface area contributed by atoms with E-state index in [4.69, 9.17) is 4.74 Å². The highest BCUT2D eigenvalue weighted by Crippen LogP contribution is 2.31. The zero-order valence-electron chi connectivity index (χ0n) is 18.3. The fourth-order valence-corrected chi connectivity index (χ4v) is 4.08. The fourth-order valence-electron chi connectivity index (χ4n) is 3.25. The summed E-state index contributed by atoms with van der Waals surface area (Å²) in [5.41, 5.74) is 5.00. The Bertz CT molecular complexity index is 886. The van der Waals surface area contributed by atoms with E-state index >= 15 is 0 Å². The van der Waals surface area contributed by atoms with E-state index in [9.17, 15) is 4.79 Å². The Hall–Kier alpha value is -2.48. The zero-order chi connectivity index (χ0) is 21.9. The number of benzene rings is 2. The summed E-state index contributed by atoms with van der Waals surface area (Å²) in [5, 5.41) is 0.663. The van der Waals surface area contributed by atoms with Gasteiger partial charge in [0.15, 0.2) is 0 Å². The number of likely N-dealkylation sites (tertiary alicyclic amines) is 1. The molecule has 1 aliphatic rings. The molecule has 6 nitrogen and oxygen atoms in total. The topological polar surface area (TPSA) is 63.7 Å². The third-order valence-corrected chi connectivity index (χ3v) is 6.09. The number of nitrogens with one attached hydrogen (secondary N) is 1. The first-order valence-electron chi connectivity index (χ1n) is 10.9. The molecule has 0 radical (unpaired) electrons. The molecule has 0 saturated carbocycles. The molecule has 1 fully saturated rings. The predicted octanol–water partition coefficient (Wildman–Crippen LogP) is 5.54. The van der Waals surface area contributed by atoms with Crippen LogP contribution in [0.5, 0.6) is 10.9 Å². The summed E-state index contributed by atoms with van der Waals surface area (Å²) >= 11 is 1.55. The molecule has 0 bridgehead atoms. The first kappa shape index (κ1) is 23.2. The molecule has 3 aromatic rings. The molecule has 1 aromatic heterocycles. The molecule has 0 amide bonds. The van der Waals surface area contributed by atoms with Crippen LogP contribution in [0.4, 0.5) is 0 Å². The van der Waals surface area contributed by atoms with Crippen molar-refractivity contribution in [1.29, 1.82) is 0 Å². The van der Waals surface area contributed by atoms with Crippen molar-refractivity contribution in [3.05, 3.63) is 54.1 Å². The number of hydroxylamine groups is 1. The highest BCUT2D eigenvalue weighted by Gasteiger charge is 2.19. The number of piperidine rings is 1. The quantitative estimate of drug-likeness (QED) is 0.366. The number of unbranched alkanes of at least 4 members (excludes halogenated alkanes) is 1. The second-order valence-electron chi connectivity index (χ2n) is 7.58. The van der Waals surface area contributed by atoms with Crippen LogP contribution < -0.4 is 10.2 Å². The van der Waals surface area contributed by atoms with Gasteiger partial charge in [0.05, 0.1) is 10.2 Å². The number of carbonyl (C=O) groups is 1. The maximum Gasteiger partial charge on any atom is 0.312 e. The lowest BCUT2D eigenvalue weighted by Crippen LogP contribution is -2.41. The van der Waals surface area contributed by atoms with E-state index in [2.05, 4.69) is 46.2 Å². The lowest BCUT2D eigenvalue weighted by Gasteiger charge is -2.31. The molecule has 0 aliphatic carbocycles. The molecule has 1 saturated heterocycles. The van der Waals surface area contributed by atoms with Crippen molar-refractivity contribution in [2.45, 2.75) is 52.1 Å². The van der Waals surface area contributed by atoms with Gasteiger partial charge < -0.3 is 9.57 Å². The third-order valence-electron chi connectivity index (χ3n) is 5.18. The maximum absolute atomic E-state index is 10.2. The Balaban J connectivity index is 0.000000628. The molecule has 0 atom stereocenters. The zero-order valence-corrected chi connectivity index (χ0v) is 19.1. The van der Waals surface area contributed by atoms with Crippen molar-refractivity contribution in [3.8, 4) is 10.9 Å². The molecular formula is C24H31N3O3S. The molecule has 0 unspecified atom stereocenters. The number of rotatable bonds is 8. The van der Waals surface area contributed by atoms with Crippen LogP contribution in [0.15, 0.2) is 48.5 Å². The highest BCUT2D eigenvalue weighted by molar-refractivity contribution is 7.20. The summed E-state index contributed by atoms with van der Waals surface area (Å²) in [4.78, 5) is 21.8. The van der Waals surface area contributed by atoms with Gasteiger partial charge in [0.25, 0.3) is 5.19 Å². The summed E-state index contributed by atoms with van der Waals surface area (Å²) in [6.45, 7) is 7.65. The summed E-state index contributed by atoms with van der Waals surface area (Å²) in [6, 6.07) is 16.5. The first-order chi connectivity index (χ1) is 15.2. The number of fused-ring (bicyclic) bond motifs is 1. The monoisotopic (exact) mass is 441 g/mol. The van der Waals surface area contributed by atoms with E-state index in [1.165, 1.54) is 18.4 Å². The highest BCUT2D eigenvalue weighted by atomic mass is 32.1. The fraction of sp³-hybridized carbons (Fsp3) is 0.417. The van der Waals surface area contributed by atoms with E-state index < -0.39 is 0 Å². The molecule has 1 N–H and O–H groups in total. The number of carbonyl (C=O) groups excluding carboxylic acids is 1. The number of nitrogens with zero attached hydrogens (tertiary/aromatic N) is 2. The Labute approximate surface area is 188 Å². The minimum atomic E-state index is 0.246. The third kappa shape index (κ3) is 7.31. The molecule has 166 valence electrons. The van der Waals surface area contributed by atoms with E-state index in [-0.39, 0.29) is 6.04 Å². The van der Waals surface area contributed by atoms with Crippen LogP contribution in [0.25, 0.3) is 10.2 Å². The van der Waals surface area contributed by atoms with Crippen molar-refractivity contribution < 1.29 is 14.4 Å². The van der Waals surface area contributed by atoms with Crippen LogP contribution >= 0.6 is 11.3 Å². The molecule has 2 heterocycles. The second kappa shape index (κ2) is 12.4. The van der Waals surface area contributed by atoms with E-state index in [0.717, 1.165) is 48.4 Å². The molecule has 0 spiro atoms. The van der Waals surface area contributed by atoms with E-state index in [1.807, 2.05) is 36.4 Å². The van der Waals surface area contributed by atoms with Gasteiger partial charge in [-0.25, -0.2) is 4.98 Å². The lowest BCUT2D eigenvalue weighted by molar-refractivity contribution is -0.137. The smallest absolute Gasteiger partial charge is 0.312 e. The first-order valence-corrected chi connectivity index (χ1v) is 11.7. The normalized spacial score (nSPS) is 14.6. The Morgan fingerprint density at radius 3 is 2.45 bits per heavy atom. The molecular weight excluding hydrogens is 410 g/mol. The molecule has 4 rings (SSSR count). The van der Waals surface area contributed by atoms with Crippen molar-refractivity contribution in [2.24, 2.45) is 0 Å². The van der Waals surface area contributed by atoms with Crippen molar-refractivity contribution in [2.75, 3.05) is 13.1 Å². The van der Waals surface area contributed by atoms with Gasteiger partial charge >= 0.3 is 6.47 Å². The van der Waals surface area contributed by atoms with Gasteiger partial charge in [-0.3, -0.25) is 9.69 Å².